The van der Waals surface area contributed by atoms with Crippen molar-refractivity contribution in [1.82, 2.24) is 0 Å². The molecule has 0 fully saturated rings. The molecule has 0 saturated heterocycles. The van der Waals surface area contributed by atoms with Crippen LogP contribution < -0.4 is 0 Å². The molecule has 1 heteroatoms. The topological polar surface area (TPSA) is 0 Å². The minimum absolute atomic E-state index is 0.0638. The molecule has 2 aromatic rings. The Morgan fingerprint density at radius 2 is 1.44 bits per heavy atom. The van der Waals surface area contributed by atoms with Crippen LogP contribution in [0.1, 0.15) is 38.8 Å². The monoisotopic (exact) mass is 258 g/mol. The maximum atomic E-state index is 6.72. The van der Waals surface area contributed by atoms with Gasteiger partial charge in [0.15, 0.2) is 0 Å². The van der Waals surface area contributed by atoms with Gasteiger partial charge in [0, 0.05) is 0 Å². The standard InChI is InChI=1S/C17H19Cl/c1-11-8-9-12(2)15(10-11)17(18)16-13(3)6-5-7-14(16)4/h5-10,17H,1-4H3. The van der Waals surface area contributed by atoms with E-state index in [-0.39, 0.29) is 5.38 Å². The maximum Gasteiger partial charge on any atom is 0.0843 e. The van der Waals surface area contributed by atoms with Crippen molar-refractivity contribution in [3.05, 3.63) is 69.8 Å². The van der Waals surface area contributed by atoms with Crippen LogP contribution in [-0.4, -0.2) is 0 Å². The first-order chi connectivity index (χ1) is 8.50. The summed E-state index contributed by atoms with van der Waals surface area (Å²) < 4.78 is 0. The van der Waals surface area contributed by atoms with Crippen molar-refractivity contribution in [2.75, 3.05) is 0 Å². The van der Waals surface area contributed by atoms with Crippen LogP contribution >= 0.6 is 11.6 Å². The molecule has 0 aliphatic heterocycles. The third kappa shape index (κ3) is 2.44. The van der Waals surface area contributed by atoms with Gasteiger partial charge in [-0.1, -0.05) is 42.0 Å². The summed E-state index contributed by atoms with van der Waals surface area (Å²) in [5.41, 5.74) is 7.49. The van der Waals surface area contributed by atoms with E-state index in [9.17, 15) is 0 Å². The van der Waals surface area contributed by atoms with Gasteiger partial charge in [0.2, 0.25) is 0 Å². The van der Waals surface area contributed by atoms with Gasteiger partial charge < -0.3 is 0 Å². The lowest BCUT2D eigenvalue weighted by molar-refractivity contribution is 1.06. The Kier molecular flexibility index (Phi) is 3.77. The summed E-state index contributed by atoms with van der Waals surface area (Å²) in [7, 11) is 0. The molecule has 0 aliphatic rings. The minimum Gasteiger partial charge on any atom is -0.113 e. The molecule has 0 aliphatic carbocycles. The Hall–Kier alpha value is -1.27. The van der Waals surface area contributed by atoms with E-state index in [1.54, 1.807) is 0 Å². The van der Waals surface area contributed by atoms with Crippen LogP contribution in [0, 0.1) is 27.7 Å². The van der Waals surface area contributed by atoms with E-state index < -0.39 is 0 Å². The van der Waals surface area contributed by atoms with E-state index in [1.807, 2.05) is 0 Å². The predicted molar refractivity (Wildman–Crippen MR) is 79.5 cm³/mol. The highest BCUT2D eigenvalue weighted by atomic mass is 35.5. The highest BCUT2D eigenvalue weighted by Gasteiger charge is 2.17. The lowest BCUT2D eigenvalue weighted by Crippen LogP contribution is -2.01. The van der Waals surface area contributed by atoms with E-state index in [0.717, 1.165) is 0 Å². The first kappa shape index (κ1) is 13.2. The average molecular weight is 259 g/mol. The summed E-state index contributed by atoms with van der Waals surface area (Å²) in [5, 5.41) is -0.0638. The fraction of sp³-hybridized carbons (Fsp3) is 0.294. The van der Waals surface area contributed by atoms with Crippen molar-refractivity contribution in [2.24, 2.45) is 0 Å². The second-order valence-electron chi connectivity index (χ2n) is 5.03. The Labute approximate surface area is 115 Å². The van der Waals surface area contributed by atoms with Crippen LogP contribution in [-0.2, 0) is 0 Å². The van der Waals surface area contributed by atoms with Crippen molar-refractivity contribution in [3.63, 3.8) is 0 Å². The third-order valence-corrected chi connectivity index (χ3v) is 3.96. The zero-order valence-corrected chi connectivity index (χ0v) is 12.2. The van der Waals surface area contributed by atoms with Gasteiger partial charge in [0.1, 0.15) is 0 Å². The van der Waals surface area contributed by atoms with Gasteiger partial charge >= 0.3 is 0 Å². The smallest absolute Gasteiger partial charge is 0.0843 e. The number of aryl methyl sites for hydroxylation is 4. The number of hydrogen-bond donors (Lipinski definition) is 0. The molecule has 0 aromatic heterocycles. The lowest BCUT2D eigenvalue weighted by Gasteiger charge is -2.18. The number of hydrogen-bond acceptors (Lipinski definition) is 0. The van der Waals surface area contributed by atoms with E-state index in [4.69, 9.17) is 11.6 Å². The highest BCUT2D eigenvalue weighted by molar-refractivity contribution is 6.23. The number of benzene rings is 2. The van der Waals surface area contributed by atoms with Gasteiger partial charge in [0.05, 0.1) is 5.38 Å². The molecular formula is C17H19Cl. The van der Waals surface area contributed by atoms with Crippen molar-refractivity contribution in [2.45, 2.75) is 33.1 Å². The SMILES string of the molecule is Cc1ccc(C)c(C(Cl)c2c(C)cccc2C)c1. The van der Waals surface area contributed by atoms with Gasteiger partial charge in [-0.15, -0.1) is 11.6 Å². The van der Waals surface area contributed by atoms with Crippen LogP contribution in [0.2, 0.25) is 0 Å². The summed E-state index contributed by atoms with van der Waals surface area (Å²) in [6, 6.07) is 12.8. The molecule has 0 radical (unpaired) electrons. The van der Waals surface area contributed by atoms with Gasteiger partial charge in [-0.3, -0.25) is 0 Å². The third-order valence-electron chi connectivity index (χ3n) is 3.50. The van der Waals surface area contributed by atoms with E-state index >= 15 is 0 Å². The Balaban J connectivity index is 2.54. The van der Waals surface area contributed by atoms with Gasteiger partial charge in [-0.2, -0.15) is 0 Å². The molecule has 1 atom stereocenters. The van der Waals surface area contributed by atoms with Crippen LogP contribution in [0.5, 0.6) is 0 Å². The average Bonchev–Trinajstić information content (AvgIpc) is 2.32. The van der Waals surface area contributed by atoms with Crippen molar-refractivity contribution < 1.29 is 0 Å². The summed E-state index contributed by atoms with van der Waals surface area (Å²) >= 11 is 6.72. The van der Waals surface area contributed by atoms with Gasteiger partial charge in [-0.25, -0.2) is 0 Å². The summed E-state index contributed by atoms with van der Waals surface area (Å²) in [5.74, 6) is 0. The van der Waals surface area contributed by atoms with Crippen molar-refractivity contribution >= 4 is 11.6 Å². The molecule has 1 unspecified atom stereocenters. The molecule has 2 rings (SSSR count). The zero-order chi connectivity index (χ0) is 13.3. The Morgan fingerprint density at radius 1 is 0.833 bits per heavy atom. The fourth-order valence-corrected chi connectivity index (χ4v) is 2.99. The normalized spacial score (nSPS) is 12.5. The lowest BCUT2D eigenvalue weighted by atomic mass is 9.92. The quantitative estimate of drug-likeness (QED) is 0.646. The second kappa shape index (κ2) is 5.16. The first-order valence-corrected chi connectivity index (χ1v) is 6.71. The van der Waals surface area contributed by atoms with Crippen LogP contribution in [0.3, 0.4) is 0 Å². The molecular weight excluding hydrogens is 240 g/mol. The Bertz CT molecular complexity index is 550. The number of alkyl halides is 1. The molecule has 0 N–H and O–H groups in total. The highest BCUT2D eigenvalue weighted by Crippen LogP contribution is 2.35. The van der Waals surface area contributed by atoms with Crippen LogP contribution in [0.15, 0.2) is 36.4 Å². The van der Waals surface area contributed by atoms with Crippen molar-refractivity contribution in [3.8, 4) is 0 Å². The van der Waals surface area contributed by atoms with Crippen molar-refractivity contribution in [1.29, 1.82) is 0 Å². The molecule has 0 amide bonds. The molecule has 2 aromatic carbocycles. The molecule has 0 bridgehead atoms. The number of rotatable bonds is 2. The summed E-state index contributed by atoms with van der Waals surface area (Å²) in [6.45, 7) is 8.49. The molecule has 0 spiro atoms. The molecule has 0 nitrogen and oxygen atoms in total. The van der Waals surface area contributed by atoms with Gasteiger partial charge in [-0.05, 0) is 55.5 Å². The minimum atomic E-state index is -0.0638. The maximum absolute atomic E-state index is 6.72. The van der Waals surface area contributed by atoms with Gasteiger partial charge in [0.25, 0.3) is 0 Å². The Morgan fingerprint density at radius 3 is 2.06 bits per heavy atom. The largest absolute Gasteiger partial charge is 0.113 e. The fourth-order valence-electron chi connectivity index (χ4n) is 2.42. The van der Waals surface area contributed by atoms with Crippen LogP contribution in [0.25, 0.3) is 0 Å². The zero-order valence-electron chi connectivity index (χ0n) is 11.4. The summed E-state index contributed by atoms with van der Waals surface area (Å²) in [6.07, 6.45) is 0. The van der Waals surface area contributed by atoms with E-state index in [1.165, 1.54) is 33.4 Å². The molecule has 0 heterocycles. The van der Waals surface area contributed by atoms with Crippen LogP contribution in [0.4, 0.5) is 0 Å². The molecule has 94 valence electrons. The number of halogens is 1. The second-order valence-corrected chi connectivity index (χ2v) is 5.46. The molecule has 0 saturated carbocycles. The summed E-state index contributed by atoms with van der Waals surface area (Å²) in [4.78, 5) is 0. The predicted octanol–water partition coefficient (Wildman–Crippen LogP) is 5.25. The van der Waals surface area contributed by atoms with E-state index in [2.05, 4.69) is 64.1 Å². The molecule has 18 heavy (non-hydrogen) atoms. The van der Waals surface area contributed by atoms with E-state index in [0.29, 0.717) is 0 Å². The first-order valence-electron chi connectivity index (χ1n) is 6.28.